The van der Waals surface area contributed by atoms with E-state index in [4.69, 9.17) is 4.74 Å². The summed E-state index contributed by atoms with van der Waals surface area (Å²) in [6, 6.07) is 22.9. The zero-order valence-electron chi connectivity index (χ0n) is 23.9. The van der Waals surface area contributed by atoms with Gasteiger partial charge in [-0.25, -0.2) is 15.0 Å². The first-order chi connectivity index (χ1) is 21.0. The van der Waals surface area contributed by atoms with Gasteiger partial charge in [0.15, 0.2) is 23.0 Å². The summed E-state index contributed by atoms with van der Waals surface area (Å²) in [5.41, 5.74) is 2.83. The number of benzene rings is 1. The van der Waals surface area contributed by atoms with Crippen molar-refractivity contribution in [1.82, 2.24) is 19.5 Å². The maximum Gasteiger partial charge on any atom is 0.259 e. The van der Waals surface area contributed by atoms with Crippen LogP contribution in [-0.4, -0.2) is 37.3 Å². The predicted octanol–water partition coefficient (Wildman–Crippen LogP) is 6.40. The molecule has 1 saturated carbocycles. The first kappa shape index (κ1) is 26.6. The van der Waals surface area contributed by atoms with Crippen LogP contribution in [0, 0.1) is 6.92 Å². The molecule has 3 aliphatic rings. The molecule has 1 N–H and O–H groups in total. The molecule has 9 nitrogen and oxygen atoms in total. The molecular formula is C34H30N6O3. The van der Waals surface area contributed by atoms with E-state index in [1.165, 1.54) is 0 Å². The van der Waals surface area contributed by atoms with Crippen LogP contribution < -0.4 is 15.0 Å². The zero-order chi connectivity index (χ0) is 29.6. The number of rotatable bonds is 3. The molecule has 6 heterocycles. The molecule has 4 aromatic heterocycles. The van der Waals surface area contributed by atoms with Gasteiger partial charge < -0.3 is 15.0 Å². The summed E-state index contributed by atoms with van der Waals surface area (Å²) in [4.78, 5) is 41.2. The Bertz CT molecular complexity index is 1850. The third-order valence-electron chi connectivity index (χ3n) is 8.13. The Hall–Kier alpha value is -5.31. The smallest absolute Gasteiger partial charge is 0.259 e. The monoisotopic (exact) mass is 570 g/mol. The number of nitrogens with one attached hydrogen (secondary N) is 1. The fraction of sp³-hybridized carbons (Fsp3) is 0.206. The SMILES string of the molecule is CC[C@]1(c2ccccc2)Oc2cccnc2-n2cccc2C1=O.Cc1ccnc2c1NC(=O)c1cccnc1N2C1CC1. The molecule has 0 bridgehead atoms. The van der Waals surface area contributed by atoms with Crippen LogP contribution >= 0.6 is 0 Å². The van der Waals surface area contributed by atoms with Crippen molar-refractivity contribution in [2.75, 3.05) is 10.2 Å². The first-order valence-electron chi connectivity index (χ1n) is 14.4. The van der Waals surface area contributed by atoms with Gasteiger partial charge in [0.05, 0.1) is 16.9 Å². The van der Waals surface area contributed by atoms with Crippen molar-refractivity contribution >= 4 is 29.0 Å². The lowest BCUT2D eigenvalue weighted by atomic mass is 9.85. The topological polar surface area (TPSA) is 102 Å². The van der Waals surface area contributed by atoms with Crippen molar-refractivity contribution in [3.8, 4) is 11.6 Å². The highest BCUT2D eigenvalue weighted by Gasteiger charge is 2.45. The molecule has 43 heavy (non-hydrogen) atoms. The number of nitrogens with zero attached hydrogens (tertiary/aromatic N) is 5. The molecule has 0 saturated heterocycles. The summed E-state index contributed by atoms with van der Waals surface area (Å²) in [5, 5.41) is 2.98. The number of pyridine rings is 3. The average molecular weight is 571 g/mol. The number of anilines is 3. The van der Waals surface area contributed by atoms with E-state index >= 15 is 0 Å². The summed E-state index contributed by atoms with van der Waals surface area (Å²) in [7, 11) is 0. The number of hydrogen-bond donors (Lipinski definition) is 1. The Balaban J connectivity index is 0.000000141. The quantitative estimate of drug-likeness (QED) is 0.268. The van der Waals surface area contributed by atoms with Gasteiger partial charge in [0, 0.05) is 36.4 Å². The summed E-state index contributed by atoms with van der Waals surface area (Å²) < 4.78 is 8.10. The molecular weight excluding hydrogens is 540 g/mol. The number of aryl methyl sites for hydroxylation is 1. The minimum Gasteiger partial charge on any atom is -0.470 e. The highest BCUT2D eigenvalue weighted by molar-refractivity contribution is 6.12. The van der Waals surface area contributed by atoms with E-state index in [9.17, 15) is 9.59 Å². The van der Waals surface area contributed by atoms with Gasteiger partial charge in [0.1, 0.15) is 5.82 Å². The summed E-state index contributed by atoms with van der Waals surface area (Å²) in [6.07, 6.45) is 9.82. The van der Waals surface area contributed by atoms with Gasteiger partial charge in [-0.15, -0.1) is 0 Å². The second kappa shape index (κ2) is 10.5. The molecule has 8 rings (SSSR count). The number of Topliss-reactive ketones (excluding diaryl/α,β-unsaturated/α-hetero) is 1. The summed E-state index contributed by atoms with van der Waals surface area (Å²) in [6.45, 7) is 3.95. The van der Waals surface area contributed by atoms with Gasteiger partial charge in [0.2, 0.25) is 5.78 Å². The van der Waals surface area contributed by atoms with Crippen LogP contribution in [0.3, 0.4) is 0 Å². The molecule has 5 aromatic rings. The first-order valence-corrected chi connectivity index (χ1v) is 14.4. The average Bonchev–Trinajstić information content (AvgIpc) is 3.80. The minimum absolute atomic E-state index is 0.0470. The second-order valence-electron chi connectivity index (χ2n) is 10.8. The maximum absolute atomic E-state index is 13.3. The largest absolute Gasteiger partial charge is 0.470 e. The van der Waals surface area contributed by atoms with Crippen molar-refractivity contribution in [3.63, 3.8) is 0 Å². The van der Waals surface area contributed by atoms with E-state index in [2.05, 4.69) is 25.2 Å². The molecule has 1 fully saturated rings. The lowest BCUT2D eigenvalue weighted by molar-refractivity contribution is 0.0423. The van der Waals surface area contributed by atoms with E-state index < -0.39 is 5.60 Å². The molecule has 214 valence electrons. The third kappa shape index (κ3) is 4.44. The van der Waals surface area contributed by atoms with E-state index in [0.717, 1.165) is 35.5 Å². The minimum atomic E-state index is -1.04. The fourth-order valence-corrected chi connectivity index (χ4v) is 5.78. The molecule has 0 radical (unpaired) electrons. The molecule has 0 spiro atoms. The van der Waals surface area contributed by atoms with E-state index in [1.807, 2.05) is 86.8 Å². The van der Waals surface area contributed by atoms with Crippen molar-refractivity contribution in [3.05, 3.63) is 120 Å². The number of ketones is 1. The molecule has 1 aliphatic carbocycles. The zero-order valence-corrected chi connectivity index (χ0v) is 23.9. The van der Waals surface area contributed by atoms with Crippen LogP contribution in [0.5, 0.6) is 5.75 Å². The molecule has 1 amide bonds. The predicted molar refractivity (Wildman–Crippen MR) is 163 cm³/mol. The molecule has 9 heteroatoms. The Morgan fingerprint density at radius 3 is 2.37 bits per heavy atom. The summed E-state index contributed by atoms with van der Waals surface area (Å²) >= 11 is 0. The molecule has 2 aliphatic heterocycles. The number of ether oxygens (including phenoxy) is 1. The Labute approximate surface area is 249 Å². The van der Waals surface area contributed by atoms with Gasteiger partial charge in [-0.05, 0) is 74.2 Å². The molecule has 1 aromatic carbocycles. The van der Waals surface area contributed by atoms with Crippen LogP contribution in [0.15, 0.2) is 97.6 Å². The number of aromatic nitrogens is 4. The van der Waals surface area contributed by atoms with Gasteiger partial charge in [-0.1, -0.05) is 37.3 Å². The van der Waals surface area contributed by atoms with E-state index in [0.29, 0.717) is 41.1 Å². The van der Waals surface area contributed by atoms with Crippen molar-refractivity contribution in [2.24, 2.45) is 0 Å². The molecule has 1 atom stereocenters. The van der Waals surface area contributed by atoms with E-state index in [1.54, 1.807) is 29.2 Å². The highest BCUT2D eigenvalue weighted by atomic mass is 16.5. The summed E-state index contributed by atoms with van der Waals surface area (Å²) in [5.74, 6) is 2.61. The third-order valence-corrected chi connectivity index (χ3v) is 8.13. The number of amides is 1. The molecule has 0 unspecified atom stereocenters. The van der Waals surface area contributed by atoms with Crippen LogP contribution in [0.4, 0.5) is 17.3 Å². The lowest BCUT2D eigenvalue weighted by Crippen LogP contribution is -2.41. The number of hydrogen-bond acceptors (Lipinski definition) is 7. The van der Waals surface area contributed by atoms with Crippen LogP contribution in [0.2, 0.25) is 0 Å². The van der Waals surface area contributed by atoms with Crippen LogP contribution in [-0.2, 0) is 5.60 Å². The number of fused-ring (bicyclic) bond motifs is 5. The maximum atomic E-state index is 13.3. The second-order valence-corrected chi connectivity index (χ2v) is 10.8. The lowest BCUT2D eigenvalue weighted by Gasteiger charge is -2.31. The van der Waals surface area contributed by atoms with Gasteiger partial charge in [-0.2, -0.15) is 0 Å². The Morgan fingerprint density at radius 1 is 0.860 bits per heavy atom. The number of carbonyl (C=O) groups excluding carboxylic acids is 2. The Morgan fingerprint density at radius 2 is 1.60 bits per heavy atom. The van der Waals surface area contributed by atoms with Crippen molar-refractivity contribution < 1.29 is 14.3 Å². The fourth-order valence-electron chi connectivity index (χ4n) is 5.78. The van der Waals surface area contributed by atoms with Crippen LogP contribution in [0.25, 0.3) is 5.82 Å². The standard InChI is InChI=1S/C19H16N2O2.C15H14N4O/c1-2-19(14-8-4-3-5-9-14)17(22)15-10-7-13-21(15)18-16(23-19)11-6-12-20-18;1-9-6-8-17-14-12(9)18-15(20)11-3-2-7-16-13(11)19(14)10-4-5-10/h3-13H,2H2,1H3;2-3,6-8,10H,4-5H2,1H3,(H,18,20)/t19-;/m1./s1. The van der Waals surface area contributed by atoms with Gasteiger partial charge in [0.25, 0.3) is 5.91 Å². The van der Waals surface area contributed by atoms with Crippen molar-refractivity contribution in [2.45, 2.75) is 44.8 Å². The van der Waals surface area contributed by atoms with Gasteiger partial charge in [-0.3, -0.25) is 14.2 Å². The van der Waals surface area contributed by atoms with Crippen molar-refractivity contribution in [1.29, 1.82) is 0 Å². The van der Waals surface area contributed by atoms with E-state index in [-0.39, 0.29) is 11.7 Å². The number of carbonyl (C=O) groups is 2. The van der Waals surface area contributed by atoms with Gasteiger partial charge >= 0.3 is 0 Å². The normalized spacial score (nSPS) is 18.3. The highest BCUT2D eigenvalue weighted by Crippen LogP contribution is 2.44. The Kier molecular flexibility index (Phi) is 6.50. The van der Waals surface area contributed by atoms with Crippen LogP contribution in [0.1, 0.15) is 58.2 Å².